The highest BCUT2D eigenvalue weighted by atomic mass is 79.9. The number of hydrogen-bond acceptors (Lipinski definition) is 3. The number of nitrogens with zero attached hydrogens (tertiary/aromatic N) is 1. The Morgan fingerprint density at radius 2 is 2.13 bits per heavy atom. The number of nitrogens with two attached hydrogens (primary N) is 1. The van der Waals surface area contributed by atoms with Crippen LogP contribution in [0.3, 0.4) is 0 Å². The third kappa shape index (κ3) is 4.30. The minimum atomic E-state index is -0.169. The van der Waals surface area contributed by atoms with E-state index in [9.17, 15) is 0 Å². The zero-order valence-electron chi connectivity index (χ0n) is 8.86. The molecule has 0 spiro atoms. The van der Waals surface area contributed by atoms with Gasteiger partial charge in [-0.05, 0) is 18.7 Å². The summed E-state index contributed by atoms with van der Waals surface area (Å²) in [7, 11) is 2.00. The van der Waals surface area contributed by atoms with E-state index in [1.165, 1.54) is 5.56 Å². The van der Waals surface area contributed by atoms with Gasteiger partial charge in [-0.15, -0.1) is 0 Å². The third-order valence-electron chi connectivity index (χ3n) is 2.18. The Bertz CT molecular complexity index is 306. The van der Waals surface area contributed by atoms with E-state index < -0.39 is 0 Å². The largest absolute Gasteiger partial charge is 0.395 e. The molecule has 3 N–H and O–H groups in total. The lowest BCUT2D eigenvalue weighted by Gasteiger charge is -2.20. The average Bonchev–Trinajstić information content (AvgIpc) is 2.21. The zero-order valence-corrected chi connectivity index (χ0v) is 10.4. The monoisotopic (exact) mass is 272 g/mol. The SMILES string of the molecule is CN(Cc1ccccc1Br)CC(N)CO. The zero-order chi connectivity index (χ0) is 11.3. The second-order valence-corrected chi connectivity index (χ2v) is 4.59. The van der Waals surface area contributed by atoms with Gasteiger partial charge in [0.05, 0.1) is 6.61 Å². The molecule has 3 nitrogen and oxygen atoms in total. The van der Waals surface area contributed by atoms with Crippen molar-refractivity contribution < 1.29 is 5.11 Å². The molecule has 1 atom stereocenters. The lowest BCUT2D eigenvalue weighted by Crippen LogP contribution is -2.37. The fourth-order valence-corrected chi connectivity index (χ4v) is 1.85. The molecular formula is C11H17BrN2O. The van der Waals surface area contributed by atoms with Crippen LogP contribution in [0, 0.1) is 0 Å². The molecular weight excluding hydrogens is 256 g/mol. The quantitative estimate of drug-likeness (QED) is 0.847. The van der Waals surface area contributed by atoms with Crippen molar-refractivity contribution in [3.8, 4) is 0 Å². The molecule has 1 aromatic rings. The van der Waals surface area contributed by atoms with Crippen LogP contribution >= 0.6 is 15.9 Å². The van der Waals surface area contributed by atoms with Crippen molar-refractivity contribution in [3.05, 3.63) is 34.3 Å². The van der Waals surface area contributed by atoms with Crippen LogP contribution in [0.2, 0.25) is 0 Å². The molecule has 0 aliphatic rings. The molecule has 0 bridgehead atoms. The van der Waals surface area contributed by atoms with Crippen LogP contribution in [-0.2, 0) is 6.54 Å². The third-order valence-corrected chi connectivity index (χ3v) is 2.95. The minimum absolute atomic E-state index is 0.0281. The number of aliphatic hydroxyl groups is 1. The standard InChI is InChI=1S/C11H17BrN2O/c1-14(7-10(13)8-15)6-9-4-2-3-5-11(9)12/h2-5,10,15H,6-8,13H2,1H3. The maximum atomic E-state index is 8.84. The number of likely N-dealkylation sites (N-methyl/N-ethyl adjacent to an activating group) is 1. The number of benzene rings is 1. The first kappa shape index (κ1) is 12.6. The van der Waals surface area contributed by atoms with Crippen molar-refractivity contribution in [2.75, 3.05) is 20.2 Å². The van der Waals surface area contributed by atoms with Gasteiger partial charge in [-0.1, -0.05) is 34.1 Å². The van der Waals surface area contributed by atoms with E-state index in [1.54, 1.807) is 0 Å². The van der Waals surface area contributed by atoms with Crippen LogP contribution in [0.1, 0.15) is 5.56 Å². The van der Waals surface area contributed by atoms with Gasteiger partial charge in [0.1, 0.15) is 0 Å². The van der Waals surface area contributed by atoms with Gasteiger partial charge in [0, 0.05) is 23.6 Å². The van der Waals surface area contributed by atoms with Crippen LogP contribution in [-0.4, -0.2) is 36.2 Å². The van der Waals surface area contributed by atoms with E-state index >= 15 is 0 Å². The van der Waals surface area contributed by atoms with Gasteiger partial charge in [-0.3, -0.25) is 0 Å². The molecule has 0 aromatic heterocycles. The van der Waals surface area contributed by atoms with Crippen molar-refractivity contribution in [2.24, 2.45) is 5.73 Å². The molecule has 84 valence electrons. The molecule has 0 heterocycles. The molecule has 0 radical (unpaired) electrons. The summed E-state index contributed by atoms with van der Waals surface area (Å²) in [4.78, 5) is 2.10. The summed E-state index contributed by atoms with van der Waals surface area (Å²) in [6, 6.07) is 7.94. The number of hydrogen-bond donors (Lipinski definition) is 2. The van der Waals surface area contributed by atoms with Crippen molar-refractivity contribution in [1.29, 1.82) is 0 Å². The minimum Gasteiger partial charge on any atom is -0.395 e. The van der Waals surface area contributed by atoms with Crippen LogP contribution < -0.4 is 5.73 Å². The van der Waals surface area contributed by atoms with E-state index in [0.29, 0.717) is 6.54 Å². The molecule has 1 unspecified atom stereocenters. The molecule has 0 saturated heterocycles. The van der Waals surface area contributed by atoms with Crippen molar-refractivity contribution in [3.63, 3.8) is 0 Å². The summed E-state index contributed by atoms with van der Waals surface area (Å²) in [5.74, 6) is 0. The number of halogens is 1. The molecule has 1 rings (SSSR count). The molecule has 0 amide bonds. The summed E-state index contributed by atoms with van der Waals surface area (Å²) in [6.45, 7) is 1.55. The average molecular weight is 273 g/mol. The fourth-order valence-electron chi connectivity index (χ4n) is 1.44. The normalized spacial score (nSPS) is 13.1. The first-order valence-electron chi connectivity index (χ1n) is 4.92. The molecule has 0 aliphatic heterocycles. The fraction of sp³-hybridized carbons (Fsp3) is 0.455. The Morgan fingerprint density at radius 1 is 1.47 bits per heavy atom. The lowest BCUT2D eigenvalue weighted by molar-refractivity contribution is 0.218. The van der Waals surface area contributed by atoms with E-state index in [2.05, 4.69) is 26.9 Å². The highest BCUT2D eigenvalue weighted by Crippen LogP contribution is 2.17. The predicted molar refractivity (Wildman–Crippen MR) is 65.5 cm³/mol. The Balaban J connectivity index is 2.51. The number of rotatable bonds is 5. The van der Waals surface area contributed by atoms with Crippen LogP contribution in [0.5, 0.6) is 0 Å². The first-order chi connectivity index (χ1) is 7.13. The van der Waals surface area contributed by atoms with Gasteiger partial charge in [-0.2, -0.15) is 0 Å². The summed E-state index contributed by atoms with van der Waals surface area (Å²) >= 11 is 3.50. The Kier molecular flexibility index (Phi) is 5.25. The molecule has 0 saturated carbocycles. The maximum absolute atomic E-state index is 8.84. The summed E-state index contributed by atoms with van der Waals surface area (Å²) < 4.78 is 1.11. The second-order valence-electron chi connectivity index (χ2n) is 3.73. The maximum Gasteiger partial charge on any atom is 0.0595 e. The number of aliphatic hydroxyl groups excluding tert-OH is 1. The van der Waals surface area contributed by atoms with Gasteiger partial charge in [0.2, 0.25) is 0 Å². The molecule has 4 heteroatoms. The van der Waals surface area contributed by atoms with E-state index in [-0.39, 0.29) is 12.6 Å². The van der Waals surface area contributed by atoms with Gasteiger partial charge in [-0.25, -0.2) is 0 Å². The van der Waals surface area contributed by atoms with Gasteiger partial charge >= 0.3 is 0 Å². The molecule has 0 fully saturated rings. The van der Waals surface area contributed by atoms with Crippen molar-refractivity contribution in [1.82, 2.24) is 4.90 Å². The predicted octanol–water partition coefficient (Wildman–Crippen LogP) is 1.20. The van der Waals surface area contributed by atoms with Crippen LogP contribution in [0.4, 0.5) is 0 Å². The molecule has 1 aromatic carbocycles. The lowest BCUT2D eigenvalue weighted by atomic mass is 10.2. The van der Waals surface area contributed by atoms with Gasteiger partial charge < -0.3 is 15.7 Å². The second kappa shape index (κ2) is 6.23. The summed E-state index contributed by atoms with van der Waals surface area (Å²) in [5, 5.41) is 8.84. The topological polar surface area (TPSA) is 49.5 Å². The van der Waals surface area contributed by atoms with E-state index in [1.807, 2.05) is 25.2 Å². The highest BCUT2D eigenvalue weighted by molar-refractivity contribution is 9.10. The highest BCUT2D eigenvalue weighted by Gasteiger charge is 2.07. The van der Waals surface area contributed by atoms with Crippen molar-refractivity contribution >= 4 is 15.9 Å². The Labute approximate surface area is 99.0 Å². The van der Waals surface area contributed by atoms with E-state index in [4.69, 9.17) is 10.8 Å². The first-order valence-corrected chi connectivity index (χ1v) is 5.71. The molecule has 15 heavy (non-hydrogen) atoms. The van der Waals surface area contributed by atoms with Gasteiger partial charge in [0.25, 0.3) is 0 Å². The smallest absolute Gasteiger partial charge is 0.0595 e. The summed E-state index contributed by atoms with van der Waals surface area (Å²) in [6.07, 6.45) is 0. The van der Waals surface area contributed by atoms with Crippen LogP contribution in [0.25, 0.3) is 0 Å². The molecule has 0 aliphatic carbocycles. The van der Waals surface area contributed by atoms with Gasteiger partial charge in [0.15, 0.2) is 0 Å². The Morgan fingerprint density at radius 3 is 2.73 bits per heavy atom. The Hall–Kier alpha value is -0.420. The van der Waals surface area contributed by atoms with Crippen LogP contribution in [0.15, 0.2) is 28.7 Å². The van der Waals surface area contributed by atoms with E-state index in [0.717, 1.165) is 11.0 Å². The van der Waals surface area contributed by atoms with Crippen molar-refractivity contribution in [2.45, 2.75) is 12.6 Å². The summed E-state index contributed by atoms with van der Waals surface area (Å²) in [5.41, 5.74) is 6.89.